The van der Waals surface area contributed by atoms with Crippen molar-refractivity contribution >= 4 is 50.9 Å². The summed E-state index contributed by atoms with van der Waals surface area (Å²) >= 11 is 14.7. The van der Waals surface area contributed by atoms with Crippen LogP contribution in [0.5, 0.6) is 0 Å². The summed E-state index contributed by atoms with van der Waals surface area (Å²) in [5, 5.41) is 3.41. The Morgan fingerprint density at radius 2 is 2.00 bits per heavy atom. The van der Waals surface area contributed by atoms with Crippen LogP contribution in [0.4, 0.5) is 5.82 Å². The van der Waals surface area contributed by atoms with Crippen molar-refractivity contribution in [1.29, 1.82) is 0 Å². The van der Waals surface area contributed by atoms with E-state index in [1.165, 1.54) is 12.4 Å². The van der Waals surface area contributed by atoms with E-state index in [0.29, 0.717) is 20.9 Å². The second kappa shape index (κ2) is 5.65. The zero-order valence-electron chi connectivity index (χ0n) is 8.82. The Morgan fingerprint density at radius 3 is 2.61 bits per heavy atom. The Balaban J connectivity index is 2.19. The minimum absolute atomic E-state index is 0.265. The first kappa shape index (κ1) is 13.3. The molecular weight excluding hydrogens is 341 g/mol. The van der Waals surface area contributed by atoms with Crippen molar-refractivity contribution in [2.24, 2.45) is 0 Å². The molecule has 0 aliphatic rings. The molecule has 0 spiro atoms. The molecule has 1 heterocycles. The fourth-order valence-electron chi connectivity index (χ4n) is 1.23. The molecule has 0 atom stereocenters. The average molecular weight is 347 g/mol. The van der Waals surface area contributed by atoms with E-state index in [0.717, 1.165) is 0 Å². The van der Waals surface area contributed by atoms with E-state index >= 15 is 0 Å². The maximum absolute atomic E-state index is 11.9. The molecule has 2 rings (SSSR count). The third-order valence-electron chi connectivity index (χ3n) is 2.04. The van der Waals surface area contributed by atoms with E-state index in [2.05, 4.69) is 31.2 Å². The summed E-state index contributed by atoms with van der Waals surface area (Å²) in [6.07, 6.45) is 2.73. The maximum Gasteiger partial charge on any atom is 0.258 e. The standard InChI is InChI=1S/C11H6BrCl2N3O/c12-8-3-6(13)1-2-7(8)11(18)17-10-5-15-9(14)4-16-10/h1-5H,(H,16,17,18). The van der Waals surface area contributed by atoms with Crippen LogP contribution in [0.3, 0.4) is 0 Å². The Labute approximate surface area is 121 Å². The number of hydrogen-bond donors (Lipinski definition) is 1. The lowest BCUT2D eigenvalue weighted by Crippen LogP contribution is -2.13. The van der Waals surface area contributed by atoms with Crippen LogP contribution in [0.1, 0.15) is 10.4 Å². The second-order valence-corrected chi connectivity index (χ2v) is 4.98. The third kappa shape index (κ3) is 3.19. The predicted octanol–water partition coefficient (Wildman–Crippen LogP) is 3.80. The van der Waals surface area contributed by atoms with Crippen LogP contribution < -0.4 is 5.32 Å². The van der Waals surface area contributed by atoms with Gasteiger partial charge in [-0.1, -0.05) is 23.2 Å². The second-order valence-electron chi connectivity index (χ2n) is 3.30. The fourth-order valence-corrected chi connectivity index (χ4v) is 2.19. The Bertz CT molecular complexity index is 589. The summed E-state index contributed by atoms with van der Waals surface area (Å²) in [7, 11) is 0. The molecular formula is C11H6BrCl2N3O. The molecule has 0 saturated carbocycles. The summed E-state index contributed by atoms with van der Waals surface area (Å²) in [6.45, 7) is 0. The van der Waals surface area contributed by atoms with E-state index in [4.69, 9.17) is 23.2 Å². The van der Waals surface area contributed by atoms with Crippen molar-refractivity contribution in [3.8, 4) is 0 Å². The molecule has 1 amide bonds. The minimum Gasteiger partial charge on any atom is -0.305 e. The molecule has 0 aliphatic carbocycles. The molecule has 4 nitrogen and oxygen atoms in total. The zero-order valence-corrected chi connectivity index (χ0v) is 11.9. The quantitative estimate of drug-likeness (QED) is 0.899. The first-order valence-electron chi connectivity index (χ1n) is 4.80. The molecule has 0 bridgehead atoms. The van der Waals surface area contributed by atoms with Crippen LogP contribution in [-0.2, 0) is 0 Å². The van der Waals surface area contributed by atoms with Gasteiger partial charge in [-0.05, 0) is 34.1 Å². The average Bonchev–Trinajstić information content (AvgIpc) is 2.32. The van der Waals surface area contributed by atoms with Gasteiger partial charge in [0, 0.05) is 9.50 Å². The van der Waals surface area contributed by atoms with Gasteiger partial charge in [0.15, 0.2) is 5.82 Å². The molecule has 0 fully saturated rings. The minimum atomic E-state index is -0.310. The Hall–Kier alpha value is -1.17. The number of hydrogen-bond acceptors (Lipinski definition) is 3. The molecule has 0 radical (unpaired) electrons. The highest BCUT2D eigenvalue weighted by Crippen LogP contribution is 2.22. The Morgan fingerprint density at radius 1 is 1.22 bits per heavy atom. The van der Waals surface area contributed by atoms with Gasteiger partial charge in [0.25, 0.3) is 5.91 Å². The number of carbonyl (C=O) groups excluding carboxylic acids is 1. The number of anilines is 1. The molecule has 7 heteroatoms. The van der Waals surface area contributed by atoms with Crippen LogP contribution in [0.25, 0.3) is 0 Å². The highest BCUT2D eigenvalue weighted by Gasteiger charge is 2.11. The van der Waals surface area contributed by atoms with Crippen LogP contribution in [0.15, 0.2) is 35.1 Å². The van der Waals surface area contributed by atoms with Crippen LogP contribution in [0, 0.1) is 0 Å². The first-order chi connectivity index (χ1) is 8.56. The van der Waals surface area contributed by atoms with E-state index in [1.807, 2.05) is 0 Å². The topological polar surface area (TPSA) is 54.9 Å². The van der Waals surface area contributed by atoms with Crippen molar-refractivity contribution in [3.05, 3.63) is 50.8 Å². The molecule has 92 valence electrons. The third-order valence-corrected chi connectivity index (χ3v) is 3.12. The van der Waals surface area contributed by atoms with Crippen LogP contribution in [-0.4, -0.2) is 15.9 Å². The Kier molecular flexibility index (Phi) is 4.16. The largest absolute Gasteiger partial charge is 0.305 e. The molecule has 0 aliphatic heterocycles. The summed E-state index contributed by atoms with van der Waals surface area (Å²) in [5.74, 6) is 0.0152. The van der Waals surface area contributed by atoms with E-state index in [1.54, 1.807) is 18.2 Å². The molecule has 1 N–H and O–H groups in total. The number of rotatable bonds is 2. The number of halogens is 3. The summed E-state index contributed by atoms with van der Waals surface area (Å²) in [4.78, 5) is 19.7. The molecule has 0 unspecified atom stereocenters. The summed E-state index contributed by atoms with van der Waals surface area (Å²) in [5.41, 5.74) is 0.455. The number of carbonyl (C=O) groups is 1. The van der Waals surface area contributed by atoms with Gasteiger partial charge in [0.2, 0.25) is 0 Å². The van der Waals surface area contributed by atoms with Gasteiger partial charge in [-0.25, -0.2) is 9.97 Å². The van der Waals surface area contributed by atoms with Gasteiger partial charge in [0.05, 0.1) is 18.0 Å². The maximum atomic E-state index is 11.9. The lowest BCUT2D eigenvalue weighted by molar-refractivity contribution is 0.102. The van der Waals surface area contributed by atoms with Crippen molar-refractivity contribution in [2.45, 2.75) is 0 Å². The number of amides is 1. The van der Waals surface area contributed by atoms with Gasteiger partial charge in [-0.15, -0.1) is 0 Å². The molecule has 2 aromatic rings. The van der Waals surface area contributed by atoms with E-state index in [9.17, 15) is 4.79 Å². The molecule has 0 saturated heterocycles. The number of nitrogens with zero attached hydrogens (tertiary/aromatic N) is 2. The predicted molar refractivity (Wildman–Crippen MR) is 74.1 cm³/mol. The van der Waals surface area contributed by atoms with Crippen LogP contribution in [0.2, 0.25) is 10.2 Å². The monoisotopic (exact) mass is 345 g/mol. The normalized spacial score (nSPS) is 10.2. The van der Waals surface area contributed by atoms with Gasteiger partial charge < -0.3 is 5.32 Å². The smallest absolute Gasteiger partial charge is 0.258 e. The highest BCUT2D eigenvalue weighted by molar-refractivity contribution is 9.10. The summed E-state index contributed by atoms with van der Waals surface area (Å²) < 4.78 is 0.606. The van der Waals surface area contributed by atoms with Crippen molar-refractivity contribution in [1.82, 2.24) is 9.97 Å². The van der Waals surface area contributed by atoms with Crippen molar-refractivity contribution < 1.29 is 4.79 Å². The van der Waals surface area contributed by atoms with Gasteiger partial charge in [-0.3, -0.25) is 4.79 Å². The number of aromatic nitrogens is 2. The first-order valence-corrected chi connectivity index (χ1v) is 6.35. The number of nitrogens with one attached hydrogen (secondary N) is 1. The van der Waals surface area contributed by atoms with E-state index in [-0.39, 0.29) is 11.1 Å². The molecule has 18 heavy (non-hydrogen) atoms. The zero-order chi connectivity index (χ0) is 13.1. The van der Waals surface area contributed by atoms with Gasteiger partial charge >= 0.3 is 0 Å². The lowest BCUT2D eigenvalue weighted by atomic mass is 10.2. The van der Waals surface area contributed by atoms with Crippen LogP contribution >= 0.6 is 39.1 Å². The fraction of sp³-hybridized carbons (Fsp3) is 0. The van der Waals surface area contributed by atoms with Gasteiger partial charge in [0.1, 0.15) is 5.15 Å². The SMILES string of the molecule is O=C(Nc1cnc(Cl)cn1)c1ccc(Cl)cc1Br. The van der Waals surface area contributed by atoms with Crippen molar-refractivity contribution in [2.75, 3.05) is 5.32 Å². The lowest BCUT2D eigenvalue weighted by Gasteiger charge is -2.06. The molecule has 1 aromatic heterocycles. The van der Waals surface area contributed by atoms with E-state index < -0.39 is 0 Å². The highest BCUT2D eigenvalue weighted by atomic mass is 79.9. The van der Waals surface area contributed by atoms with Crippen molar-refractivity contribution in [3.63, 3.8) is 0 Å². The van der Waals surface area contributed by atoms with Gasteiger partial charge in [-0.2, -0.15) is 0 Å². The molecule has 1 aromatic carbocycles. The summed E-state index contributed by atoms with van der Waals surface area (Å²) in [6, 6.07) is 4.89. The number of benzene rings is 1.